The summed E-state index contributed by atoms with van der Waals surface area (Å²) in [5.41, 5.74) is 2.47. The Morgan fingerprint density at radius 2 is 2.04 bits per heavy atom. The van der Waals surface area contributed by atoms with Crippen molar-refractivity contribution in [1.29, 1.82) is 0 Å². The molecule has 1 atom stereocenters. The molecule has 1 saturated heterocycles. The molecule has 1 aromatic carbocycles. The van der Waals surface area contributed by atoms with Gasteiger partial charge in [0.25, 0.3) is 0 Å². The molecule has 128 valence electrons. The maximum atomic E-state index is 12.8. The minimum Gasteiger partial charge on any atom is -0.497 e. The standard InChI is InChI=1S/C20H26N2O2/c1-24-16-8-9-19-17(11-16)18(12-21-19)15-7-4-10-22(13-15)20(23)14-5-2-3-6-14/h8-9,11-12,14-15,21H,2-7,10,13H2,1H3/t15-/m0/s1. The third kappa shape index (κ3) is 2.79. The molecule has 2 heterocycles. The quantitative estimate of drug-likeness (QED) is 0.924. The number of fused-ring (bicyclic) bond motifs is 1. The van der Waals surface area contributed by atoms with Crippen molar-refractivity contribution in [3.05, 3.63) is 30.0 Å². The predicted octanol–water partition coefficient (Wildman–Crippen LogP) is 4.07. The summed E-state index contributed by atoms with van der Waals surface area (Å²) in [5, 5.41) is 1.23. The lowest BCUT2D eigenvalue weighted by atomic mass is 9.89. The van der Waals surface area contributed by atoms with Gasteiger partial charge in [0.2, 0.25) is 5.91 Å². The zero-order valence-electron chi connectivity index (χ0n) is 14.4. The topological polar surface area (TPSA) is 45.3 Å². The van der Waals surface area contributed by atoms with Crippen LogP contribution in [0.25, 0.3) is 10.9 Å². The Bertz CT molecular complexity index is 730. The van der Waals surface area contributed by atoms with Crippen molar-refractivity contribution in [1.82, 2.24) is 9.88 Å². The van der Waals surface area contributed by atoms with Gasteiger partial charge in [-0.1, -0.05) is 12.8 Å². The number of nitrogens with zero attached hydrogens (tertiary/aromatic N) is 1. The van der Waals surface area contributed by atoms with E-state index in [0.29, 0.717) is 11.8 Å². The summed E-state index contributed by atoms with van der Waals surface area (Å²) in [5.74, 6) is 1.99. The van der Waals surface area contributed by atoms with E-state index in [-0.39, 0.29) is 5.92 Å². The number of benzene rings is 1. The van der Waals surface area contributed by atoms with E-state index in [1.54, 1.807) is 7.11 Å². The van der Waals surface area contributed by atoms with Gasteiger partial charge in [-0.2, -0.15) is 0 Å². The number of carbonyl (C=O) groups is 1. The summed E-state index contributed by atoms with van der Waals surface area (Å²) in [6, 6.07) is 6.17. The van der Waals surface area contributed by atoms with Gasteiger partial charge in [0, 0.05) is 42.0 Å². The highest BCUT2D eigenvalue weighted by atomic mass is 16.5. The lowest BCUT2D eigenvalue weighted by Gasteiger charge is -2.34. The summed E-state index contributed by atoms with van der Waals surface area (Å²) in [6.45, 7) is 1.79. The van der Waals surface area contributed by atoms with E-state index >= 15 is 0 Å². The number of hydrogen-bond acceptors (Lipinski definition) is 2. The molecule has 4 rings (SSSR count). The molecule has 4 nitrogen and oxygen atoms in total. The van der Waals surface area contributed by atoms with Crippen molar-refractivity contribution >= 4 is 16.8 Å². The number of carbonyl (C=O) groups excluding carboxylic acids is 1. The number of rotatable bonds is 3. The van der Waals surface area contributed by atoms with Crippen molar-refractivity contribution in [2.24, 2.45) is 5.92 Å². The van der Waals surface area contributed by atoms with Crippen LogP contribution in [0.15, 0.2) is 24.4 Å². The van der Waals surface area contributed by atoms with Gasteiger partial charge >= 0.3 is 0 Å². The fourth-order valence-electron chi connectivity index (χ4n) is 4.45. The molecule has 1 N–H and O–H groups in total. The molecule has 0 spiro atoms. The van der Waals surface area contributed by atoms with E-state index in [2.05, 4.69) is 28.2 Å². The molecule has 0 bridgehead atoms. The molecule has 1 aliphatic carbocycles. The maximum Gasteiger partial charge on any atom is 0.225 e. The molecule has 1 saturated carbocycles. The molecule has 1 aromatic heterocycles. The minimum absolute atomic E-state index is 0.284. The van der Waals surface area contributed by atoms with Crippen molar-refractivity contribution in [3.8, 4) is 5.75 Å². The first kappa shape index (κ1) is 15.6. The van der Waals surface area contributed by atoms with Crippen LogP contribution in [0.2, 0.25) is 0 Å². The molecular weight excluding hydrogens is 300 g/mol. The molecule has 0 radical (unpaired) electrons. The fraction of sp³-hybridized carbons (Fsp3) is 0.550. The summed E-state index contributed by atoms with van der Waals surface area (Å²) >= 11 is 0. The number of H-pyrrole nitrogens is 1. The molecular formula is C20H26N2O2. The molecule has 2 fully saturated rings. The molecule has 2 aliphatic rings. The summed E-state index contributed by atoms with van der Waals surface area (Å²) < 4.78 is 5.38. The summed E-state index contributed by atoms with van der Waals surface area (Å²) in [6.07, 6.45) is 8.98. The Kier molecular flexibility index (Phi) is 4.21. The first-order chi connectivity index (χ1) is 11.8. The van der Waals surface area contributed by atoms with Crippen molar-refractivity contribution in [2.45, 2.75) is 44.4 Å². The van der Waals surface area contributed by atoms with E-state index in [1.807, 2.05) is 6.07 Å². The van der Waals surface area contributed by atoms with Crippen LogP contribution in [-0.4, -0.2) is 36.0 Å². The van der Waals surface area contributed by atoms with Crippen LogP contribution in [0.5, 0.6) is 5.75 Å². The van der Waals surface area contributed by atoms with Gasteiger partial charge in [0.15, 0.2) is 0 Å². The van der Waals surface area contributed by atoms with Gasteiger partial charge in [-0.05, 0) is 49.4 Å². The minimum atomic E-state index is 0.284. The van der Waals surface area contributed by atoms with Crippen LogP contribution in [0.1, 0.15) is 50.0 Å². The number of likely N-dealkylation sites (tertiary alicyclic amines) is 1. The first-order valence-electron chi connectivity index (χ1n) is 9.20. The van der Waals surface area contributed by atoms with Crippen molar-refractivity contribution in [3.63, 3.8) is 0 Å². The number of aromatic amines is 1. The Morgan fingerprint density at radius 3 is 2.83 bits per heavy atom. The van der Waals surface area contributed by atoms with Crippen LogP contribution in [0, 0.1) is 5.92 Å². The first-order valence-corrected chi connectivity index (χ1v) is 9.20. The van der Waals surface area contributed by atoms with Crippen LogP contribution in [-0.2, 0) is 4.79 Å². The van der Waals surface area contributed by atoms with Gasteiger partial charge in [-0.25, -0.2) is 0 Å². The van der Waals surface area contributed by atoms with E-state index < -0.39 is 0 Å². The SMILES string of the molecule is COc1ccc2[nH]cc([C@H]3CCCN(C(=O)C4CCCC4)C3)c2c1. The van der Waals surface area contributed by atoms with E-state index in [9.17, 15) is 4.79 Å². The number of amides is 1. The van der Waals surface area contributed by atoms with Gasteiger partial charge in [0.05, 0.1) is 7.11 Å². The van der Waals surface area contributed by atoms with Gasteiger partial charge in [0.1, 0.15) is 5.75 Å². The summed E-state index contributed by atoms with van der Waals surface area (Å²) in [4.78, 5) is 18.3. The Balaban J connectivity index is 1.56. The normalized spacial score (nSPS) is 22.2. The molecule has 24 heavy (non-hydrogen) atoms. The van der Waals surface area contributed by atoms with Crippen molar-refractivity contribution in [2.75, 3.05) is 20.2 Å². The highest BCUT2D eigenvalue weighted by Crippen LogP contribution is 2.35. The Hall–Kier alpha value is -1.97. The molecule has 4 heteroatoms. The van der Waals surface area contributed by atoms with E-state index in [4.69, 9.17) is 4.74 Å². The lowest BCUT2D eigenvalue weighted by Crippen LogP contribution is -2.41. The molecule has 2 aromatic rings. The maximum absolute atomic E-state index is 12.8. The predicted molar refractivity (Wildman–Crippen MR) is 95.4 cm³/mol. The highest BCUT2D eigenvalue weighted by Gasteiger charge is 2.31. The number of nitrogens with one attached hydrogen (secondary N) is 1. The van der Waals surface area contributed by atoms with Crippen LogP contribution >= 0.6 is 0 Å². The number of piperidine rings is 1. The molecule has 0 unspecified atom stereocenters. The number of methoxy groups -OCH3 is 1. The monoisotopic (exact) mass is 326 g/mol. The zero-order valence-corrected chi connectivity index (χ0v) is 14.4. The lowest BCUT2D eigenvalue weighted by molar-refractivity contribution is -0.136. The van der Waals surface area contributed by atoms with Crippen LogP contribution < -0.4 is 4.74 Å². The summed E-state index contributed by atoms with van der Waals surface area (Å²) in [7, 11) is 1.70. The second-order valence-corrected chi connectivity index (χ2v) is 7.26. The fourth-order valence-corrected chi connectivity index (χ4v) is 4.45. The van der Waals surface area contributed by atoms with Gasteiger partial charge < -0.3 is 14.6 Å². The van der Waals surface area contributed by atoms with Crippen LogP contribution in [0.3, 0.4) is 0 Å². The smallest absolute Gasteiger partial charge is 0.225 e. The number of hydrogen-bond donors (Lipinski definition) is 1. The average molecular weight is 326 g/mol. The number of aromatic nitrogens is 1. The largest absolute Gasteiger partial charge is 0.497 e. The highest BCUT2D eigenvalue weighted by molar-refractivity contribution is 5.85. The zero-order chi connectivity index (χ0) is 16.5. The second-order valence-electron chi connectivity index (χ2n) is 7.26. The van der Waals surface area contributed by atoms with E-state index in [1.165, 1.54) is 23.8 Å². The van der Waals surface area contributed by atoms with Gasteiger partial charge in [-0.15, -0.1) is 0 Å². The van der Waals surface area contributed by atoms with Gasteiger partial charge in [-0.3, -0.25) is 4.79 Å². The van der Waals surface area contributed by atoms with Crippen LogP contribution in [0.4, 0.5) is 0 Å². The van der Waals surface area contributed by atoms with Crippen molar-refractivity contribution < 1.29 is 9.53 Å². The third-order valence-electron chi connectivity index (χ3n) is 5.80. The average Bonchev–Trinajstić information content (AvgIpc) is 3.30. The molecule has 1 aliphatic heterocycles. The van der Waals surface area contributed by atoms with E-state index in [0.717, 1.165) is 50.0 Å². The Labute approximate surface area is 143 Å². The third-order valence-corrected chi connectivity index (χ3v) is 5.80. The Morgan fingerprint density at radius 1 is 1.21 bits per heavy atom. The second kappa shape index (κ2) is 6.50. The number of ether oxygens (including phenoxy) is 1. The molecule has 1 amide bonds.